The second kappa shape index (κ2) is 8.44. The number of hydrogen-bond acceptors (Lipinski definition) is 5. The van der Waals surface area contributed by atoms with E-state index in [9.17, 15) is 4.79 Å². The van der Waals surface area contributed by atoms with Gasteiger partial charge in [0.2, 0.25) is 0 Å². The number of thioether (sulfide) groups is 1. The lowest BCUT2D eigenvalue weighted by Gasteiger charge is -2.45. The molecular formula is C23H31N3O3S. The number of amides is 1. The molecule has 3 atom stereocenters. The van der Waals surface area contributed by atoms with Gasteiger partial charge in [0.25, 0.3) is 0 Å². The molecule has 1 unspecified atom stereocenters. The number of benzene rings is 1. The van der Waals surface area contributed by atoms with Crippen molar-refractivity contribution >= 4 is 28.8 Å². The Morgan fingerprint density at radius 2 is 2.17 bits per heavy atom. The Hall–Kier alpha value is -1.70. The predicted octanol–water partition coefficient (Wildman–Crippen LogP) is 3.71. The predicted molar refractivity (Wildman–Crippen MR) is 119 cm³/mol. The second-order valence-corrected chi connectivity index (χ2v) is 9.64. The second-order valence-electron chi connectivity index (χ2n) is 8.83. The number of likely N-dealkylation sites (N-methyl/N-ethyl adjacent to an activating group) is 1. The first-order valence-electron chi connectivity index (χ1n) is 11.0. The number of piperidine rings is 1. The van der Waals surface area contributed by atoms with Crippen LogP contribution in [0.15, 0.2) is 23.2 Å². The molecule has 3 aliphatic rings. The Kier molecular flexibility index (Phi) is 5.69. The van der Waals surface area contributed by atoms with E-state index in [1.807, 2.05) is 11.8 Å². The topological polar surface area (TPSA) is 57.8 Å². The smallest absolute Gasteiger partial charge is 0.409 e. The standard InChI is InChI=1S/C23H31N3O3S/c1-25-14-15(6-9-29-23(27)26-7-10-28-11-8-26)12-17-16-4-3-5-19-21(16)18(13-20(17)25)22(24-19)30-2/h3-5,15,17,20,24H,6-14H2,1-2H3/t15-,17?,20-/m1/s1. The highest BCUT2D eigenvalue weighted by Gasteiger charge is 2.40. The van der Waals surface area contributed by atoms with Gasteiger partial charge in [-0.1, -0.05) is 12.1 Å². The maximum absolute atomic E-state index is 12.3. The Labute approximate surface area is 182 Å². The molecule has 0 spiro atoms. The van der Waals surface area contributed by atoms with Gasteiger partial charge < -0.3 is 24.3 Å². The number of nitrogens with zero attached hydrogens (tertiary/aromatic N) is 2. The van der Waals surface area contributed by atoms with Crippen molar-refractivity contribution in [3.05, 3.63) is 29.3 Å². The highest BCUT2D eigenvalue weighted by molar-refractivity contribution is 7.98. The van der Waals surface area contributed by atoms with E-state index >= 15 is 0 Å². The van der Waals surface area contributed by atoms with Gasteiger partial charge >= 0.3 is 6.09 Å². The summed E-state index contributed by atoms with van der Waals surface area (Å²) in [5.41, 5.74) is 4.27. The third kappa shape index (κ3) is 3.61. The van der Waals surface area contributed by atoms with Crippen molar-refractivity contribution in [3.8, 4) is 0 Å². The summed E-state index contributed by atoms with van der Waals surface area (Å²) in [6, 6.07) is 7.28. The number of morpholine rings is 1. The highest BCUT2D eigenvalue weighted by atomic mass is 32.2. The van der Waals surface area contributed by atoms with Crippen molar-refractivity contribution in [2.45, 2.75) is 36.2 Å². The van der Waals surface area contributed by atoms with Crippen molar-refractivity contribution in [2.75, 3.05) is 52.8 Å². The molecule has 1 N–H and O–H groups in total. The molecule has 1 amide bonds. The van der Waals surface area contributed by atoms with Crippen LogP contribution in [0, 0.1) is 5.92 Å². The zero-order chi connectivity index (χ0) is 20.7. The number of carbonyl (C=O) groups excluding carboxylic acids is 1. The number of rotatable bonds is 4. The quantitative estimate of drug-likeness (QED) is 0.751. The van der Waals surface area contributed by atoms with Crippen molar-refractivity contribution in [1.29, 1.82) is 0 Å². The minimum absolute atomic E-state index is 0.190. The number of likely N-dealkylation sites (tertiary alicyclic amines) is 1. The molecule has 2 aromatic rings. The summed E-state index contributed by atoms with van der Waals surface area (Å²) in [5.74, 6) is 1.09. The van der Waals surface area contributed by atoms with E-state index in [4.69, 9.17) is 9.47 Å². The van der Waals surface area contributed by atoms with Gasteiger partial charge in [0, 0.05) is 42.5 Å². The van der Waals surface area contributed by atoms with Gasteiger partial charge in [-0.2, -0.15) is 0 Å². The molecule has 1 aliphatic carbocycles. The van der Waals surface area contributed by atoms with Gasteiger partial charge in [-0.3, -0.25) is 0 Å². The van der Waals surface area contributed by atoms with Crippen LogP contribution in [-0.2, 0) is 15.9 Å². The number of aromatic amines is 1. The maximum atomic E-state index is 12.3. The molecule has 5 rings (SSSR count). The zero-order valence-electron chi connectivity index (χ0n) is 17.9. The molecule has 1 aromatic heterocycles. The van der Waals surface area contributed by atoms with Crippen LogP contribution < -0.4 is 0 Å². The molecule has 2 fully saturated rings. The number of hydrogen-bond donors (Lipinski definition) is 1. The summed E-state index contributed by atoms with van der Waals surface area (Å²) >= 11 is 1.82. The molecule has 0 saturated carbocycles. The summed E-state index contributed by atoms with van der Waals surface area (Å²) in [4.78, 5) is 20.2. The lowest BCUT2D eigenvalue weighted by atomic mass is 9.72. The minimum Gasteiger partial charge on any atom is -0.449 e. The molecule has 162 valence electrons. The largest absolute Gasteiger partial charge is 0.449 e. The van der Waals surface area contributed by atoms with E-state index in [1.54, 1.807) is 4.90 Å². The van der Waals surface area contributed by atoms with E-state index in [1.165, 1.54) is 33.5 Å². The van der Waals surface area contributed by atoms with Gasteiger partial charge in [-0.05, 0) is 55.7 Å². The minimum atomic E-state index is -0.190. The Bertz CT molecular complexity index is 924. The van der Waals surface area contributed by atoms with Gasteiger partial charge in [-0.25, -0.2) is 4.79 Å². The molecule has 0 bridgehead atoms. The van der Waals surface area contributed by atoms with Crippen LogP contribution >= 0.6 is 11.8 Å². The number of fused-ring (bicyclic) bond motifs is 2. The molecule has 30 heavy (non-hydrogen) atoms. The fourth-order valence-electron chi connectivity index (χ4n) is 5.64. The monoisotopic (exact) mass is 429 g/mol. The molecule has 2 saturated heterocycles. The van der Waals surface area contributed by atoms with Crippen LogP contribution in [0.25, 0.3) is 10.9 Å². The summed E-state index contributed by atoms with van der Waals surface area (Å²) in [6.45, 7) is 4.06. The summed E-state index contributed by atoms with van der Waals surface area (Å²) in [5, 5.41) is 2.78. The van der Waals surface area contributed by atoms with Crippen LogP contribution in [0.5, 0.6) is 0 Å². The maximum Gasteiger partial charge on any atom is 0.409 e. The van der Waals surface area contributed by atoms with Crippen LogP contribution in [0.4, 0.5) is 4.79 Å². The van der Waals surface area contributed by atoms with Crippen LogP contribution in [0.1, 0.15) is 29.9 Å². The first kappa shape index (κ1) is 20.2. The summed E-state index contributed by atoms with van der Waals surface area (Å²) < 4.78 is 10.9. The average Bonchev–Trinajstić information content (AvgIpc) is 3.14. The van der Waals surface area contributed by atoms with Crippen LogP contribution in [0.3, 0.4) is 0 Å². The van der Waals surface area contributed by atoms with Crippen molar-refractivity contribution in [1.82, 2.24) is 14.8 Å². The van der Waals surface area contributed by atoms with E-state index < -0.39 is 0 Å². The fraction of sp³-hybridized carbons (Fsp3) is 0.609. The number of ether oxygens (including phenoxy) is 2. The Balaban J connectivity index is 1.27. The summed E-state index contributed by atoms with van der Waals surface area (Å²) in [7, 11) is 2.26. The fourth-order valence-corrected chi connectivity index (χ4v) is 6.29. The van der Waals surface area contributed by atoms with Crippen LogP contribution in [-0.4, -0.2) is 79.7 Å². The highest BCUT2D eigenvalue weighted by Crippen LogP contribution is 2.47. The molecule has 2 aliphatic heterocycles. The molecule has 3 heterocycles. The number of H-pyrrole nitrogens is 1. The van der Waals surface area contributed by atoms with E-state index in [2.05, 4.69) is 41.4 Å². The van der Waals surface area contributed by atoms with Crippen molar-refractivity contribution < 1.29 is 14.3 Å². The van der Waals surface area contributed by atoms with E-state index in [0.717, 1.165) is 19.4 Å². The molecule has 1 aromatic carbocycles. The first-order chi connectivity index (χ1) is 14.7. The van der Waals surface area contributed by atoms with Gasteiger partial charge in [0.05, 0.1) is 24.8 Å². The number of nitrogens with one attached hydrogen (secondary N) is 1. The third-order valence-electron chi connectivity index (χ3n) is 7.12. The van der Waals surface area contributed by atoms with Gasteiger partial charge in [-0.15, -0.1) is 11.8 Å². The third-order valence-corrected chi connectivity index (χ3v) is 7.88. The molecular weight excluding hydrogens is 398 g/mol. The average molecular weight is 430 g/mol. The van der Waals surface area contributed by atoms with E-state index in [-0.39, 0.29) is 6.09 Å². The van der Waals surface area contributed by atoms with E-state index in [0.29, 0.717) is 50.8 Å². The normalized spacial score (nSPS) is 26.6. The first-order valence-corrected chi connectivity index (χ1v) is 12.2. The zero-order valence-corrected chi connectivity index (χ0v) is 18.7. The Morgan fingerprint density at radius 3 is 2.97 bits per heavy atom. The molecule has 6 nitrogen and oxygen atoms in total. The van der Waals surface area contributed by atoms with Crippen LogP contribution in [0.2, 0.25) is 0 Å². The Morgan fingerprint density at radius 1 is 1.33 bits per heavy atom. The van der Waals surface area contributed by atoms with Crippen molar-refractivity contribution in [3.63, 3.8) is 0 Å². The SMILES string of the molecule is CSc1[nH]c2cccc3c2c1C[C@@H]1C3C[C@@H](CCOC(=O)N2CCOCC2)CN1C. The lowest BCUT2D eigenvalue weighted by molar-refractivity contribution is 0.0232. The van der Waals surface area contributed by atoms with Gasteiger partial charge in [0.15, 0.2) is 0 Å². The number of carbonyl (C=O) groups is 1. The molecule has 7 heteroatoms. The lowest BCUT2D eigenvalue weighted by Crippen LogP contribution is -2.48. The van der Waals surface area contributed by atoms with Gasteiger partial charge in [0.1, 0.15) is 0 Å². The number of aromatic nitrogens is 1. The summed E-state index contributed by atoms with van der Waals surface area (Å²) in [6.07, 6.45) is 5.18. The molecule has 0 radical (unpaired) electrons. The van der Waals surface area contributed by atoms with Crippen molar-refractivity contribution in [2.24, 2.45) is 5.92 Å².